The van der Waals surface area contributed by atoms with Crippen LogP contribution in [0.2, 0.25) is 0 Å². The second kappa shape index (κ2) is 4.03. The van der Waals surface area contributed by atoms with Gasteiger partial charge in [-0.2, -0.15) is 0 Å². The van der Waals surface area contributed by atoms with Crippen LogP contribution in [0.15, 0.2) is 23.9 Å². The first-order valence-electron chi connectivity index (χ1n) is 3.15. The van der Waals surface area contributed by atoms with Crippen LogP contribution in [0.5, 0.6) is 0 Å². The van der Waals surface area contributed by atoms with Gasteiger partial charge >= 0.3 is 0 Å². The van der Waals surface area contributed by atoms with Crippen molar-refractivity contribution in [2.45, 2.75) is 5.50 Å². The summed E-state index contributed by atoms with van der Waals surface area (Å²) < 4.78 is 4.53. The van der Waals surface area contributed by atoms with Gasteiger partial charge in [-0.3, -0.25) is 4.79 Å². The summed E-state index contributed by atoms with van der Waals surface area (Å²) in [5, 5.41) is 2.86. The number of rotatable bonds is 3. The molecule has 3 nitrogen and oxygen atoms in total. The summed E-state index contributed by atoms with van der Waals surface area (Å²) in [7, 11) is 0. The lowest BCUT2D eigenvalue weighted by Gasteiger charge is -2.11. The van der Waals surface area contributed by atoms with E-state index in [1.165, 1.54) is 0 Å². The number of hydrogen-bond donors (Lipinski definition) is 1. The highest BCUT2D eigenvalue weighted by Gasteiger charge is 2.02. The van der Waals surface area contributed by atoms with E-state index in [0.717, 1.165) is 5.57 Å². The number of alkyl halides is 1. The quantitative estimate of drug-likeness (QED) is 0.389. The minimum atomic E-state index is -0.157. The Hall–Kier alpha value is -0.960. The number of carbonyl (C=O) groups is 1. The highest BCUT2D eigenvalue weighted by Crippen LogP contribution is 2.05. The van der Waals surface area contributed by atoms with Crippen molar-refractivity contribution in [1.29, 1.82) is 0 Å². The summed E-state index contributed by atoms with van der Waals surface area (Å²) in [6.07, 6.45) is 5.32. The van der Waals surface area contributed by atoms with Crippen LogP contribution in [0.3, 0.4) is 0 Å². The van der Waals surface area contributed by atoms with Gasteiger partial charge in [-0.15, -0.1) is 0 Å². The van der Waals surface area contributed by atoms with Crippen molar-refractivity contribution in [3.8, 4) is 0 Å². The number of carbonyl (C=O) groups excluding carboxylic acids is 1. The zero-order chi connectivity index (χ0) is 8.10. The highest BCUT2D eigenvalue weighted by molar-refractivity contribution is 6.21. The Labute approximate surface area is 69.7 Å². The maximum atomic E-state index is 9.79. The molecule has 0 saturated carbocycles. The van der Waals surface area contributed by atoms with Gasteiger partial charge in [0.15, 0.2) is 0 Å². The third kappa shape index (κ3) is 2.63. The van der Waals surface area contributed by atoms with Crippen molar-refractivity contribution < 1.29 is 9.53 Å². The average Bonchev–Trinajstić information content (AvgIpc) is 2.04. The van der Waals surface area contributed by atoms with Crippen molar-refractivity contribution in [2.75, 3.05) is 6.61 Å². The van der Waals surface area contributed by atoms with Gasteiger partial charge in [-0.05, 0) is 6.08 Å². The Morgan fingerprint density at radius 2 is 2.64 bits per heavy atom. The van der Waals surface area contributed by atoms with Gasteiger partial charge in [0, 0.05) is 11.8 Å². The van der Waals surface area contributed by atoms with Crippen LogP contribution in [0.1, 0.15) is 0 Å². The molecule has 0 saturated heterocycles. The van der Waals surface area contributed by atoms with E-state index in [0.29, 0.717) is 6.47 Å². The van der Waals surface area contributed by atoms with E-state index in [1.807, 2.05) is 6.08 Å². The predicted molar refractivity (Wildman–Crippen MR) is 42.0 cm³/mol. The smallest absolute Gasteiger partial charge is 0.293 e. The standard InChI is InChI=1S/C7H8ClNO2/c8-7-2-1-6(3-9-7)4-11-5-10/h1-3,5,7,9H,4H2. The van der Waals surface area contributed by atoms with Gasteiger partial charge in [-0.1, -0.05) is 17.7 Å². The lowest BCUT2D eigenvalue weighted by Crippen LogP contribution is -2.19. The predicted octanol–water partition coefficient (Wildman–Crippen LogP) is 0.768. The minimum Gasteiger partial charge on any atom is -0.463 e. The molecule has 1 rings (SSSR count). The largest absolute Gasteiger partial charge is 0.463 e. The Morgan fingerprint density at radius 1 is 1.82 bits per heavy atom. The zero-order valence-electron chi connectivity index (χ0n) is 5.79. The Kier molecular flexibility index (Phi) is 2.98. The van der Waals surface area contributed by atoms with Crippen molar-refractivity contribution in [2.24, 2.45) is 0 Å². The fourth-order valence-corrected chi connectivity index (χ4v) is 0.854. The normalized spacial score (nSPS) is 21.9. The molecule has 0 bridgehead atoms. The van der Waals surface area contributed by atoms with Crippen LogP contribution >= 0.6 is 11.6 Å². The first kappa shape index (κ1) is 8.14. The SMILES string of the molecule is O=COCC1=CNC(Cl)C=C1. The number of hydrogen-bond acceptors (Lipinski definition) is 3. The number of dihydropyridines is 1. The molecular weight excluding hydrogens is 166 g/mol. The van der Waals surface area contributed by atoms with E-state index < -0.39 is 0 Å². The molecule has 0 aromatic rings. The Bertz CT molecular complexity index is 201. The molecule has 1 heterocycles. The van der Waals surface area contributed by atoms with Crippen molar-refractivity contribution in [3.05, 3.63) is 23.9 Å². The molecule has 1 aliphatic heterocycles. The number of halogens is 1. The van der Waals surface area contributed by atoms with Crippen LogP contribution in [-0.2, 0) is 9.53 Å². The summed E-state index contributed by atoms with van der Waals surface area (Å²) in [5.74, 6) is 0. The van der Waals surface area contributed by atoms with Crippen molar-refractivity contribution >= 4 is 18.1 Å². The molecule has 60 valence electrons. The lowest BCUT2D eigenvalue weighted by molar-refractivity contribution is -0.127. The molecule has 1 aliphatic rings. The second-order valence-corrected chi connectivity index (χ2v) is 2.52. The molecule has 0 aromatic heterocycles. The third-order valence-electron chi connectivity index (χ3n) is 1.23. The molecule has 1 atom stereocenters. The van der Waals surface area contributed by atoms with Gasteiger partial charge < -0.3 is 10.1 Å². The fourth-order valence-electron chi connectivity index (χ4n) is 0.718. The van der Waals surface area contributed by atoms with Gasteiger partial charge in [0.25, 0.3) is 6.47 Å². The summed E-state index contributed by atoms with van der Waals surface area (Å²) in [5.41, 5.74) is 0.740. The van der Waals surface area contributed by atoms with Crippen LogP contribution in [0.25, 0.3) is 0 Å². The topological polar surface area (TPSA) is 38.3 Å². The number of ether oxygens (including phenoxy) is 1. The molecule has 0 radical (unpaired) electrons. The molecule has 0 aliphatic carbocycles. The molecule has 0 aromatic carbocycles. The van der Waals surface area contributed by atoms with E-state index in [9.17, 15) is 4.79 Å². The third-order valence-corrected chi connectivity index (χ3v) is 1.50. The maximum Gasteiger partial charge on any atom is 0.293 e. The molecule has 1 unspecified atom stereocenters. The van der Waals surface area contributed by atoms with Crippen LogP contribution < -0.4 is 5.32 Å². The first-order valence-corrected chi connectivity index (χ1v) is 3.59. The molecule has 11 heavy (non-hydrogen) atoms. The molecule has 1 N–H and O–H groups in total. The van der Waals surface area contributed by atoms with Crippen molar-refractivity contribution in [1.82, 2.24) is 5.32 Å². The molecule has 0 spiro atoms. The molecule has 0 fully saturated rings. The zero-order valence-corrected chi connectivity index (χ0v) is 6.54. The van der Waals surface area contributed by atoms with E-state index in [4.69, 9.17) is 11.6 Å². The van der Waals surface area contributed by atoms with E-state index in [-0.39, 0.29) is 12.1 Å². The summed E-state index contributed by atoms with van der Waals surface area (Å²) in [6.45, 7) is 0.706. The van der Waals surface area contributed by atoms with Gasteiger partial charge in [0.05, 0.1) is 0 Å². The lowest BCUT2D eigenvalue weighted by atomic mass is 10.2. The Morgan fingerprint density at radius 3 is 3.18 bits per heavy atom. The van der Waals surface area contributed by atoms with Gasteiger partial charge in [-0.25, -0.2) is 0 Å². The second-order valence-electron chi connectivity index (χ2n) is 2.05. The van der Waals surface area contributed by atoms with Crippen LogP contribution in [0, 0.1) is 0 Å². The summed E-state index contributed by atoms with van der Waals surface area (Å²) >= 11 is 5.66. The number of nitrogens with one attached hydrogen (secondary N) is 1. The summed E-state index contributed by atoms with van der Waals surface area (Å²) in [6, 6.07) is 0. The van der Waals surface area contributed by atoms with Crippen LogP contribution in [-0.4, -0.2) is 18.6 Å². The minimum absolute atomic E-state index is 0.157. The van der Waals surface area contributed by atoms with Crippen LogP contribution in [0.4, 0.5) is 0 Å². The molecular formula is C7H8ClNO2. The van der Waals surface area contributed by atoms with E-state index >= 15 is 0 Å². The Balaban J connectivity index is 2.37. The summed E-state index contributed by atoms with van der Waals surface area (Å²) in [4.78, 5) is 9.79. The monoisotopic (exact) mass is 173 g/mol. The van der Waals surface area contributed by atoms with E-state index in [2.05, 4.69) is 10.1 Å². The maximum absolute atomic E-state index is 9.79. The fraction of sp³-hybridized carbons (Fsp3) is 0.286. The van der Waals surface area contributed by atoms with E-state index in [1.54, 1.807) is 12.3 Å². The first-order chi connectivity index (χ1) is 5.33. The average molecular weight is 174 g/mol. The van der Waals surface area contributed by atoms with Gasteiger partial charge in [0.1, 0.15) is 12.1 Å². The highest BCUT2D eigenvalue weighted by atomic mass is 35.5. The van der Waals surface area contributed by atoms with Crippen molar-refractivity contribution in [3.63, 3.8) is 0 Å². The van der Waals surface area contributed by atoms with Gasteiger partial charge in [0.2, 0.25) is 0 Å². The molecule has 4 heteroatoms. The molecule has 0 amide bonds.